The molecule has 1 amide bonds. The van der Waals surface area contributed by atoms with Crippen molar-refractivity contribution >= 4 is 11.9 Å². The summed E-state index contributed by atoms with van der Waals surface area (Å²) in [7, 11) is 0. The molecule has 1 saturated heterocycles. The van der Waals surface area contributed by atoms with Gasteiger partial charge in [0.2, 0.25) is 5.91 Å². The minimum Gasteiger partial charge on any atom is -0.481 e. The average Bonchev–Trinajstić information content (AvgIpc) is 2.61. The van der Waals surface area contributed by atoms with Gasteiger partial charge in [-0.3, -0.25) is 9.59 Å². The molecule has 1 aliphatic heterocycles. The van der Waals surface area contributed by atoms with E-state index in [0.717, 1.165) is 6.54 Å². The van der Waals surface area contributed by atoms with Crippen LogP contribution >= 0.6 is 0 Å². The largest absolute Gasteiger partial charge is 0.481 e. The summed E-state index contributed by atoms with van der Waals surface area (Å²) >= 11 is 0. The molecule has 92 valence electrons. The van der Waals surface area contributed by atoms with E-state index in [2.05, 4.69) is 10.6 Å². The third kappa shape index (κ3) is 2.95. The minimum absolute atomic E-state index is 0.0374. The lowest BCUT2D eigenvalue weighted by Gasteiger charge is -2.21. The third-order valence-electron chi connectivity index (χ3n) is 3.14. The second kappa shape index (κ2) is 4.82. The van der Waals surface area contributed by atoms with Crippen molar-refractivity contribution in [3.8, 4) is 0 Å². The van der Waals surface area contributed by atoms with E-state index in [1.807, 2.05) is 6.92 Å². The van der Waals surface area contributed by atoms with E-state index in [1.54, 1.807) is 13.8 Å². The number of rotatable bonds is 4. The Balaban J connectivity index is 2.44. The van der Waals surface area contributed by atoms with Crippen LogP contribution in [-0.4, -0.2) is 36.6 Å². The fourth-order valence-corrected chi connectivity index (χ4v) is 1.68. The molecule has 1 aliphatic rings. The molecule has 0 bridgehead atoms. The summed E-state index contributed by atoms with van der Waals surface area (Å²) in [6.45, 7) is 6.93. The van der Waals surface area contributed by atoms with Crippen LogP contribution in [0.4, 0.5) is 0 Å². The molecule has 16 heavy (non-hydrogen) atoms. The molecule has 1 rings (SSSR count). The minimum atomic E-state index is -0.912. The van der Waals surface area contributed by atoms with Crippen molar-refractivity contribution in [1.82, 2.24) is 10.6 Å². The quantitative estimate of drug-likeness (QED) is 0.636. The van der Waals surface area contributed by atoms with Crippen LogP contribution in [0.3, 0.4) is 0 Å². The lowest BCUT2D eigenvalue weighted by atomic mass is 9.92. The number of carbonyl (C=O) groups is 2. The number of carboxylic acids is 1. The molecule has 0 radical (unpaired) electrons. The van der Waals surface area contributed by atoms with Gasteiger partial charge in [0.1, 0.15) is 0 Å². The first kappa shape index (κ1) is 13.0. The molecule has 1 fully saturated rings. The Bertz CT molecular complexity index is 289. The van der Waals surface area contributed by atoms with E-state index in [-0.39, 0.29) is 18.4 Å². The summed E-state index contributed by atoms with van der Waals surface area (Å²) in [6.07, 6.45) is 0. The Labute approximate surface area is 95.6 Å². The molecule has 0 aliphatic carbocycles. The van der Waals surface area contributed by atoms with Crippen molar-refractivity contribution in [3.63, 3.8) is 0 Å². The first-order valence-electron chi connectivity index (χ1n) is 5.56. The standard InChI is InChI=1S/C11H20N2O3/c1-7-4-12-5-8(7)9(14)13-6-11(2,3)10(15)16/h7-8,12H,4-6H2,1-3H3,(H,13,14)(H,15,16). The van der Waals surface area contributed by atoms with E-state index in [9.17, 15) is 9.59 Å². The van der Waals surface area contributed by atoms with Gasteiger partial charge in [-0.1, -0.05) is 6.92 Å². The van der Waals surface area contributed by atoms with Crippen LogP contribution in [0.5, 0.6) is 0 Å². The highest BCUT2D eigenvalue weighted by Gasteiger charge is 2.32. The summed E-state index contributed by atoms with van der Waals surface area (Å²) in [5.41, 5.74) is -0.912. The molecule has 3 N–H and O–H groups in total. The van der Waals surface area contributed by atoms with Crippen LogP contribution in [0.2, 0.25) is 0 Å². The molecule has 0 aromatic heterocycles. The van der Waals surface area contributed by atoms with Gasteiger partial charge in [0.15, 0.2) is 0 Å². The van der Waals surface area contributed by atoms with Gasteiger partial charge in [0.25, 0.3) is 0 Å². The number of hydrogen-bond donors (Lipinski definition) is 3. The van der Waals surface area contributed by atoms with Gasteiger partial charge in [-0.15, -0.1) is 0 Å². The number of carboxylic acid groups (broad SMARTS) is 1. The predicted molar refractivity (Wildman–Crippen MR) is 60.0 cm³/mol. The molecular weight excluding hydrogens is 208 g/mol. The van der Waals surface area contributed by atoms with E-state index < -0.39 is 11.4 Å². The second-order valence-corrected chi connectivity index (χ2v) is 5.15. The fourth-order valence-electron chi connectivity index (χ4n) is 1.68. The molecule has 5 heteroatoms. The summed E-state index contributed by atoms with van der Waals surface area (Å²) in [6, 6.07) is 0. The summed E-state index contributed by atoms with van der Waals surface area (Å²) in [4.78, 5) is 22.6. The molecule has 0 aromatic carbocycles. The summed E-state index contributed by atoms with van der Waals surface area (Å²) in [5, 5.41) is 14.8. The van der Waals surface area contributed by atoms with Crippen molar-refractivity contribution in [2.75, 3.05) is 19.6 Å². The highest BCUT2D eigenvalue weighted by molar-refractivity contribution is 5.81. The molecule has 0 aromatic rings. The Morgan fingerprint density at radius 3 is 2.50 bits per heavy atom. The molecule has 0 saturated carbocycles. The maximum atomic E-state index is 11.8. The lowest BCUT2D eigenvalue weighted by Crippen LogP contribution is -2.42. The summed E-state index contributed by atoms with van der Waals surface area (Å²) in [5.74, 6) is -0.672. The van der Waals surface area contributed by atoms with E-state index in [1.165, 1.54) is 0 Å². The molecule has 1 heterocycles. The Hall–Kier alpha value is -1.10. The van der Waals surface area contributed by atoms with Gasteiger partial charge in [-0.25, -0.2) is 0 Å². The smallest absolute Gasteiger partial charge is 0.310 e. The van der Waals surface area contributed by atoms with Crippen LogP contribution in [0, 0.1) is 17.3 Å². The predicted octanol–water partition coefficient (Wildman–Crippen LogP) is 0.0689. The van der Waals surface area contributed by atoms with E-state index >= 15 is 0 Å². The molecule has 5 nitrogen and oxygen atoms in total. The normalized spacial score (nSPS) is 25.4. The van der Waals surface area contributed by atoms with Crippen molar-refractivity contribution in [2.45, 2.75) is 20.8 Å². The van der Waals surface area contributed by atoms with Crippen molar-refractivity contribution in [3.05, 3.63) is 0 Å². The topological polar surface area (TPSA) is 78.4 Å². The summed E-state index contributed by atoms with van der Waals surface area (Å²) < 4.78 is 0. The van der Waals surface area contributed by atoms with Crippen LogP contribution in [0.15, 0.2) is 0 Å². The Morgan fingerprint density at radius 2 is 2.06 bits per heavy atom. The fraction of sp³-hybridized carbons (Fsp3) is 0.818. The Morgan fingerprint density at radius 1 is 1.44 bits per heavy atom. The van der Waals surface area contributed by atoms with Crippen molar-refractivity contribution in [1.29, 1.82) is 0 Å². The van der Waals surface area contributed by atoms with Crippen molar-refractivity contribution < 1.29 is 14.7 Å². The second-order valence-electron chi connectivity index (χ2n) is 5.15. The van der Waals surface area contributed by atoms with Gasteiger partial charge in [0, 0.05) is 13.1 Å². The zero-order chi connectivity index (χ0) is 12.3. The van der Waals surface area contributed by atoms with Crippen molar-refractivity contribution in [2.24, 2.45) is 17.3 Å². The van der Waals surface area contributed by atoms with Gasteiger partial charge >= 0.3 is 5.97 Å². The zero-order valence-electron chi connectivity index (χ0n) is 10.0. The molecule has 2 atom stereocenters. The number of aliphatic carboxylic acids is 1. The SMILES string of the molecule is CC1CNCC1C(=O)NCC(C)(C)C(=O)O. The number of carbonyl (C=O) groups excluding carboxylic acids is 1. The van der Waals surface area contributed by atoms with E-state index in [4.69, 9.17) is 5.11 Å². The molecule has 0 spiro atoms. The number of nitrogens with one attached hydrogen (secondary N) is 2. The zero-order valence-corrected chi connectivity index (χ0v) is 10.0. The third-order valence-corrected chi connectivity index (χ3v) is 3.14. The first-order chi connectivity index (χ1) is 7.34. The first-order valence-corrected chi connectivity index (χ1v) is 5.56. The highest BCUT2D eigenvalue weighted by Crippen LogP contribution is 2.17. The van der Waals surface area contributed by atoms with Crippen LogP contribution in [0.25, 0.3) is 0 Å². The molecule has 2 unspecified atom stereocenters. The maximum absolute atomic E-state index is 11.8. The number of hydrogen-bond acceptors (Lipinski definition) is 3. The van der Waals surface area contributed by atoms with Gasteiger partial charge in [-0.05, 0) is 26.3 Å². The van der Waals surface area contributed by atoms with Crippen LogP contribution in [0.1, 0.15) is 20.8 Å². The van der Waals surface area contributed by atoms with Gasteiger partial charge < -0.3 is 15.7 Å². The van der Waals surface area contributed by atoms with Gasteiger partial charge in [-0.2, -0.15) is 0 Å². The highest BCUT2D eigenvalue weighted by atomic mass is 16.4. The average molecular weight is 228 g/mol. The van der Waals surface area contributed by atoms with Crippen LogP contribution < -0.4 is 10.6 Å². The lowest BCUT2D eigenvalue weighted by molar-refractivity contribution is -0.146. The maximum Gasteiger partial charge on any atom is 0.310 e. The molecular formula is C11H20N2O3. The van der Waals surface area contributed by atoms with Gasteiger partial charge in [0.05, 0.1) is 11.3 Å². The Kier molecular flexibility index (Phi) is 3.91. The van der Waals surface area contributed by atoms with Crippen LogP contribution in [-0.2, 0) is 9.59 Å². The van der Waals surface area contributed by atoms with E-state index in [0.29, 0.717) is 12.5 Å². The number of amides is 1. The monoisotopic (exact) mass is 228 g/mol.